The maximum Gasteiger partial charge on any atom is 0.228 e. The summed E-state index contributed by atoms with van der Waals surface area (Å²) in [7, 11) is 0. The molecule has 3 aromatic rings. The van der Waals surface area contributed by atoms with Crippen LogP contribution in [0, 0.1) is 6.92 Å². The highest BCUT2D eigenvalue weighted by Gasteiger charge is 2.06. The molecule has 1 heterocycles. The minimum atomic E-state index is -0.0274. The van der Waals surface area contributed by atoms with Gasteiger partial charge in [-0.2, -0.15) is 0 Å². The van der Waals surface area contributed by atoms with Crippen LogP contribution in [0.15, 0.2) is 60.9 Å². The lowest BCUT2D eigenvalue weighted by molar-refractivity contribution is -0.115. The number of imidazole rings is 1. The average molecular weight is 291 g/mol. The van der Waals surface area contributed by atoms with Gasteiger partial charge in [-0.1, -0.05) is 42.0 Å². The highest BCUT2D eigenvalue weighted by atomic mass is 16.1. The van der Waals surface area contributed by atoms with E-state index >= 15 is 0 Å². The molecule has 0 spiro atoms. The Morgan fingerprint density at radius 3 is 2.73 bits per heavy atom. The molecule has 0 saturated carbocycles. The van der Waals surface area contributed by atoms with Gasteiger partial charge in [0.15, 0.2) is 0 Å². The number of aromatic amines is 1. The third-order valence-electron chi connectivity index (χ3n) is 3.40. The van der Waals surface area contributed by atoms with E-state index < -0.39 is 0 Å². The predicted molar refractivity (Wildman–Crippen MR) is 87.5 cm³/mol. The fourth-order valence-electron chi connectivity index (χ4n) is 2.26. The van der Waals surface area contributed by atoms with Crippen LogP contribution in [-0.4, -0.2) is 15.9 Å². The number of carbonyl (C=O) groups excluding carboxylic acids is 1. The molecule has 4 nitrogen and oxygen atoms in total. The predicted octanol–water partition coefficient (Wildman–Crippen LogP) is 3.57. The third kappa shape index (κ3) is 3.41. The maximum absolute atomic E-state index is 12.1. The molecule has 0 bridgehead atoms. The Kier molecular flexibility index (Phi) is 4.01. The van der Waals surface area contributed by atoms with Crippen molar-refractivity contribution in [2.24, 2.45) is 0 Å². The summed E-state index contributed by atoms with van der Waals surface area (Å²) in [6, 6.07) is 15.6. The number of H-pyrrole nitrogens is 1. The zero-order valence-corrected chi connectivity index (χ0v) is 12.3. The molecule has 0 unspecified atom stereocenters. The van der Waals surface area contributed by atoms with Gasteiger partial charge in [-0.3, -0.25) is 4.79 Å². The zero-order valence-electron chi connectivity index (χ0n) is 12.3. The lowest BCUT2D eigenvalue weighted by Gasteiger charge is -2.07. The van der Waals surface area contributed by atoms with E-state index in [1.807, 2.05) is 55.5 Å². The Hall–Kier alpha value is -2.88. The zero-order chi connectivity index (χ0) is 15.4. The fourth-order valence-corrected chi connectivity index (χ4v) is 2.26. The van der Waals surface area contributed by atoms with Crippen molar-refractivity contribution in [1.29, 1.82) is 0 Å². The van der Waals surface area contributed by atoms with Crippen molar-refractivity contribution in [3.05, 3.63) is 72.1 Å². The Morgan fingerprint density at radius 2 is 2.00 bits per heavy atom. The second-order valence-electron chi connectivity index (χ2n) is 5.23. The van der Waals surface area contributed by atoms with E-state index in [-0.39, 0.29) is 5.91 Å². The number of rotatable bonds is 4. The molecule has 3 rings (SSSR count). The van der Waals surface area contributed by atoms with Gasteiger partial charge in [0, 0.05) is 23.6 Å². The number of hydrogen-bond acceptors (Lipinski definition) is 2. The van der Waals surface area contributed by atoms with Crippen LogP contribution in [0.1, 0.15) is 11.1 Å². The smallest absolute Gasteiger partial charge is 0.228 e. The number of carbonyl (C=O) groups is 1. The summed E-state index contributed by atoms with van der Waals surface area (Å²) in [4.78, 5) is 19.4. The van der Waals surface area contributed by atoms with E-state index in [9.17, 15) is 4.79 Å². The van der Waals surface area contributed by atoms with Gasteiger partial charge in [-0.05, 0) is 24.6 Å². The Labute approximate surface area is 129 Å². The van der Waals surface area contributed by atoms with Gasteiger partial charge in [0.25, 0.3) is 0 Å². The molecule has 0 saturated heterocycles. The van der Waals surface area contributed by atoms with E-state index in [1.165, 1.54) is 5.56 Å². The first-order chi connectivity index (χ1) is 10.7. The van der Waals surface area contributed by atoms with E-state index in [4.69, 9.17) is 0 Å². The molecule has 4 heteroatoms. The molecule has 0 aliphatic carbocycles. The molecule has 1 amide bonds. The first-order valence-corrected chi connectivity index (χ1v) is 7.16. The third-order valence-corrected chi connectivity index (χ3v) is 3.40. The van der Waals surface area contributed by atoms with E-state index in [0.29, 0.717) is 6.42 Å². The van der Waals surface area contributed by atoms with Crippen LogP contribution in [0.25, 0.3) is 11.4 Å². The highest BCUT2D eigenvalue weighted by molar-refractivity contribution is 5.92. The van der Waals surface area contributed by atoms with Gasteiger partial charge < -0.3 is 10.3 Å². The second-order valence-corrected chi connectivity index (χ2v) is 5.23. The van der Waals surface area contributed by atoms with Gasteiger partial charge in [0.1, 0.15) is 5.82 Å². The van der Waals surface area contributed by atoms with Crippen molar-refractivity contribution in [3.63, 3.8) is 0 Å². The van der Waals surface area contributed by atoms with Crippen LogP contribution in [-0.2, 0) is 11.2 Å². The second kappa shape index (κ2) is 6.26. The summed E-state index contributed by atoms with van der Waals surface area (Å²) in [5, 5.41) is 2.93. The summed E-state index contributed by atoms with van der Waals surface area (Å²) in [5.74, 6) is 0.759. The van der Waals surface area contributed by atoms with Crippen molar-refractivity contribution in [2.75, 3.05) is 5.32 Å². The quantitative estimate of drug-likeness (QED) is 0.772. The lowest BCUT2D eigenvalue weighted by atomic mass is 10.1. The summed E-state index contributed by atoms with van der Waals surface area (Å²) >= 11 is 0. The van der Waals surface area contributed by atoms with Gasteiger partial charge >= 0.3 is 0 Å². The van der Waals surface area contributed by atoms with Crippen LogP contribution in [0.4, 0.5) is 5.69 Å². The highest BCUT2D eigenvalue weighted by Crippen LogP contribution is 2.19. The summed E-state index contributed by atoms with van der Waals surface area (Å²) in [5.41, 5.74) is 3.91. The minimum absolute atomic E-state index is 0.0274. The number of nitrogens with zero attached hydrogens (tertiary/aromatic N) is 1. The molecule has 110 valence electrons. The van der Waals surface area contributed by atoms with Crippen molar-refractivity contribution in [3.8, 4) is 11.4 Å². The van der Waals surface area contributed by atoms with E-state index in [2.05, 4.69) is 15.3 Å². The van der Waals surface area contributed by atoms with Crippen molar-refractivity contribution in [1.82, 2.24) is 9.97 Å². The maximum atomic E-state index is 12.1. The van der Waals surface area contributed by atoms with Crippen LogP contribution in [0.3, 0.4) is 0 Å². The minimum Gasteiger partial charge on any atom is -0.345 e. The fraction of sp³-hybridized carbons (Fsp3) is 0.111. The largest absolute Gasteiger partial charge is 0.345 e. The monoisotopic (exact) mass is 291 g/mol. The number of nitrogens with one attached hydrogen (secondary N) is 2. The van der Waals surface area contributed by atoms with Crippen LogP contribution in [0.2, 0.25) is 0 Å². The molecule has 1 aromatic heterocycles. The van der Waals surface area contributed by atoms with Gasteiger partial charge in [0.05, 0.1) is 6.42 Å². The molecule has 2 aromatic carbocycles. The molecular formula is C18H17N3O. The molecule has 0 aliphatic rings. The number of benzene rings is 2. The molecule has 22 heavy (non-hydrogen) atoms. The molecule has 0 radical (unpaired) electrons. The topological polar surface area (TPSA) is 57.8 Å². The Bertz CT molecular complexity index is 761. The molecule has 0 atom stereocenters. The number of aryl methyl sites for hydroxylation is 1. The van der Waals surface area contributed by atoms with Crippen molar-refractivity contribution in [2.45, 2.75) is 13.3 Å². The first kappa shape index (κ1) is 14.1. The standard InChI is InChI=1S/C18H17N3O/c1-13-5-7-14(8-6-13)11-17(22)21-16-4-2-3-15(12-16)18-19-9-10-20-18/h2-10,12H,11H2,1H3,(H,19,20)(H,21,22). The van der Waals surface area contributed by atoms with Crippen molar-refractivity contribution < 1.29 is 4.79 Å². The van der Waals surface area contributed by atoms with Crippen LogP contribution < -0.4 is 5.32 Å². The lowest BCUT2D eigenvalue weighted by Crippen LogP contribution is -2.14. The Balaban J connectivity index is 1.69. The average Bonchev–Trinajstić information content (AvgIpc) is 3.04. The van der Waals surface area contributed by atoms with Crippen LogP contribution >= 0.6 is 0 Å². The number of aromatic nitrogens is 2. The van der Waals surface area contributed by atoms with Gasteiger partial charge in [0.2, 0.25) is 5.91 Å². The molecular weight excluding hydrogens is 274 g/mol. The van der Waals surface area contributed by atoms with E-state index in [0.717, 1.165) is 22.6 Å². The summed E-state index contributed by atoms with van der Waals surface area (Å²) in [6.45, 7) is 2.03. The van der Waals surface area contributed by atoms with Crippen molar-refractivity contribution >= 4 is 11.6 Å². The van der Waals surface area contributed by atoms with Gasteiger partial charge in [-0.25, -0.2) is 4.98 Å². The number of hydrogen-bond donors (Lipinski definition) is 2. The summed E-state index contributed by atoms with van der Waals surface area (Å²) < 4.78 is 0. The van der Waals surface area contributed by atoms with Gasteiger partial charge in [-0.15, -0.1) is 0 Å². The Morgan fingerprint density at radius 1 is 1.18 bits per heavy atom. The van der Waals surface area contributed by atoms with E-state index in [1.54, 1.807) is 12.4 Å². The number of anilines is 1. The van der Waals surface area contributed by atoms with Crippen LogP contribution in [0.5, 0.6) is 0 Å². The number of amides is 1. The molecule has 0 fully saturated rings. The normalized spacial score (nSPS) is 10.4. The summed E-state index contributed by atoms with van der Waals surface area (Å²) in [6.07, 6.45) is 3.85. The molecule has 2 N–H and O–H groups in total. The molecule has 0 aliphatic heterocycles. The first-order valence-electron chi connectivity index (χ1n) is 7.16. The SMILES string of the molecule is Cc1ccc(CC(=O)Nc2cccc(-c3ncc[nH]3)c2)cc1.